The Morgan fingerprint density at radius 1 is 0.923 bits per heavy atom. The molecule has 4 rings (SSSR count). The third-order valence-electron chi connectivity index (χ3n) is 3.49. The molecule has 2 aromatic heterocycles. The van der Waals surface area contributed by atoms with E-state index in [1.165, 1.54) is 23.7 Å². The van der Waals surface area contributed by atoms with Gasteiger partial charge in [0.25, 0.3) is 0 Å². The lowest BCUT2D eigenvalue weighted by atomic mass is 10.0. The van der Waals surface area contributed by atoms with Crippen molar-refractivity contribution < 1.29 is 18.4 Å². The number of hydrogen-bond donors (Lipinski definition) is 0. The van der Waals surface area contributed by atoms with Crippen LogP contribution < -0.4 is 0 Å². The molecule has 0 bridgehead atoms. The van der Waals surface area contributed by atoms with Crippen molar-refractivity contribution in [1.82, 2.24) is 9.36 Å². The minimum Gasteiger partial charge on any atom is -0.472 e. The van der Waals surface area contributed by atoms with Crippen LogP contribution in [0, 0.1) is 5.82 Å². The molecule has 0 aliphatic carbocycles. The standard InChI is InChI=1S/C18H11FN2OS.CO2/c19-16-6-4-12(5-7-16)13-2-1-3-14(10-13)17-20-18(23-21-17)15-8-9-22-11-15;2-1-3/h1-11H;. The van der Waals surface area contributed by atoms with Gasteiger partial charge in [-0.1, -0.05) is 30.3 Å². The van der Waals surface area contributed by atoms with Crippen LogP contribution in [-0.2, 0) is 9.59 Å². The number of rotatable bonds is 3. The van der Waals surface area contributed by atoms with Crippen LogP contribution >= 0.6 is 11.5 Å². The quantitative estimate of drug-likeness (QED) is 0.526. The molecule has 128 valence electrons. The second-order valence-corrected chi connectivity index (χ2v) is 5.86. The highest BCUT2D eigenvalue weighted by molar-refractivity contribution is 7.09. The first-order valence-electron chi connectivity index (χ1n) is 7.43. The first-order valence-corrected chi connectivity index (χ1v) is 8.20. The van der Waals surface area contributed by atoms with E-state index in [4.69, 9.17) is 14.0 Å². The molecular formula is C19H11FN2O3S. The highest BCUT2D eigenvalue weighted by Crippen LogP contribution is 2.29. The number of carbonyl (C=O) groups excluding carboxylic acids is 2. The second-order valence-electron chi connectivity index (χ2n) is 5.11. The number of furan rings is 1. The van der Waals surface area contributed by atoms with E-state index in [0.717, 1.165) is 27.3 Å². The second kappa shape index (κ2) is 8.11. The highest BCUT2D eigenvalue weighted by atomic mass is 32.1. The molecule has 26 heavy (non-hydrogen) atoms. The summed E-state index contributed by atoms with van der Waals surface area (Å²) in [5.74, 6) is 0.436. The average Bonchev–Trinajstić information content (AvgIpc) is 3.35. The van der Waals surface area contributed by atoms with Gasteiger partial charge in [-0.3, -0.25) is 0 Å². The van der Waals surface area contributed by atoms with Crippen LogP contribution in [0.25, 0.3) is 33.1 Å². The van der Waals surface area contributed by atoms with Gasteiger partial charge < -0.3 is 4.42 Å². The molecule has 5 nitrogen and oxygen atoms in total. The summed E-state index contributed by atoms with van der Waals surface area (Å²) in [6.45, 7) is 0. The van der Waals surface area contributed by atoms with E-state index in [2.05, 4.69) is 9.36 Å². The van der Waals surface area contributed by atoms with E-state index in [1.54, 1.807) is 24.7 Å². The lowest BCUT2D eigenvalue weighted by Crippen LogP contribution is -1.84. The van der Waals surface area contributed by atoms with Gasteiger partial charge in [0.1, 0.15) is 17.1 Å². The predicted molar refractivity (Wildman–Crippen MR) is 93.4 cm³/mol. The van der Waals surface area contributed by atoms with Crippen LogP contribution in [-0.4, -0.2) is 15.5 Å². The maximum Gasteiger partial charge on any atom is 0.373 e. The lowest BCUT2D eigenvalue weighted by molar-refractivity contribution is -0.191. The zero-order valence-corrected chi connectivity index (χ0v) is 14.1. The molecule has 0 amide bonds. The van der Waals surface area contributed by atoms with Gasteiger partial charge in [0, 0.05) is 5.56 Å². The number of halogens is 1. The third kappa shape index (κ3) is 3.97. The average molecular weight is 366 g/mol. The molecule has 0 spiro atoms. The molecule has 0 radical (unpaired) electrons. The van der Waals surface area contributed by atoms with Gasteiger partial charge in [0.2, 0.25) is 0 Å². The maximum absolute atomic E-state index is 13.1. The lowest BCUT2D eigenvalue weighted by Gasteiger charge is -2.03. The Morgan fingerprint density at radius 3 is 2.35 bits per heavy atom. The fourth-order valence-corrected chi connectivity index (χ4v) is 2.99. The van der Waals surface area contributed by atoms with E-state index in [9.17, 15) is 4.39 Å². The largest absolute Gasteiger partial charge is 0.472 e. The van der Waals surface area contributed by atoms with Crippen molar-refractivity contribution in [2.75, 3.05) is 0 Å². The summed E-state index contributed by atoms with van der Waals surface area (Å²) in [5, 5.41) is 0.820. The topological polar surface area (TPSA) is 73.1 Å². The van der Waals surface area contributed by atoms with E-state index in [-0.39, 0.29) is 12.0 Å². The summed E-state index contributed by atoms with van der Waals surface area (Å²) < 4.78 is 22.6. The summed E-state index contributed by atoms with van der Waals surface area (Å²) in [6, 6.07) is 16.2. The van der Waals surface area contributed by atoms with Crippen molar-refractivity contribution in [2.45, 2.75) is 0 Å². The van der Waals surface area contributed by atoms with Crippen molar-refractivity contribution in [1.29, 1.82) is 0 Å². The smallest absolute Gasteiger partial charge is 0.373 e. The summed E-state index contributed by atoms with van der Waals surface area (Å²) >= 11 is 1.34. The van der Waals surface area contributed by atoms with Crippen molar-refractivity contribution in [2.24, 2.45) is 0 Å². The van der Waals surface area contributed by atoms with E-state index < -0.39 is 0 Å². The van der Waals surface area contributed by atoms with E-state index in [0.29, 0.717) is 5.82 Å². The van der Waals surface area contributed by atoms with Crippen LogP contribution in [0.2, 0.25) is 0 Å². The molecule has 4 aromatic rings. The molecule has 7 heteroatoms. The highest BCUT2D eigenvalue weighted by Gasteiger charge is 2.10. The summed E-state index contributed by atoms with van der Waals surface area (Å²) in [4.78, 5) is 20.8. The molecule has 0 saturated carbocycles. The van der Waals surface area contributed by atoms with Gasteiger partial charge in [-0.05, 0) is 46.9 Å². The Hall–Kier alpha value is -3.41. The zero-order chi connectivity index (χ0) is 18.4. The number of nitrogens with zero attached hydrogens (tertiary/aromatic N) is 2. The number of hydrogen-bond acceptors (Lipinski definition) is 6. The Bertz CT molecular complexity index is 1020. The Morgan fingerprint density at radius 2 is 1.65 bits per heavy atom. The summed E-state index contributed by atoms with van der Waals surface area (Å²) in [5.41, 5.74) is 3.81. The first-order chi connectivity index (χ1) is 12.7. The van der Waals surface area contributed by atoms with Gasteiger partial charge in [-0.15, -0.1) is 0 Å². The fourth-order valence-electron chi connectivity index (χ4n) is 2.32. The number of aromatic nitrogens is 2. The molecule has 0 aliphatic rings. The predicted octanol–water partition coefficient (Wildman–Crippen LogP) is 4.69. The third-order valence-corrected chi connectivity index (χ3v) is 4.26. The van der Waals surface area contributed by atoms with E-state index in [1.807, 2.05) is 30.3 Å². The molecule has 0 unspecified atom stereocenters. The monoisotopic (exact) mass is 366 g/mol. The van der Waals surface area contributed by atoms with Crippen LogP contribution in [0.15, 0.2) is 71.5 Å². The van der Waals surface area contributed by atoms with Crippen LogP contribution in [0.3, 0.4) is 0 Å². The van der Waals surface area contributed by atoms with Crippen molar-refractivity contribution >= 4 is 17.7 Å². The molecule has 0 N–H and O–H groups in total. The first kappa shape index (κ1) is 17.4. The molecule has 0 atom stereocenters. The molecule has 0 saturated heterocycles. The minimum absolute atomic E-state index is 0.240. The van der Waals surface area contributed by atoms with Crippen LogP contribution in [0.1, 0.15) is 0 Å². The van der Waals surface area contributed by atoms with Gasteiger partial charge in [-0.25, -0.2) is 9.37 Å². The van der Waals surface area contributed by atoms with Gasteiger partial charge in [0.05, 0.1) is 11.8 Å². The summed E-state index contributed by atoms with van der Waals surface area (Å²) in [7, 11) is 0. The van der Waals surface area contributed by atoms with Crippen molar-refractivity contribution in [3.63, 3.8) is 0 Å². The van der Waals surface area contributed by atoms with Crippen LogP contribution in [0.5, 0.6) is 0 Å². The Kier molecular flexibility index (Phi) is 5.43. The molecule has 0 aliphatic heterocycles. The Balaban J connectivity index is 0.000000613. The minimum atomic E-state index is -0.240. The molecule has 2 heterocycles. The van der Waals surface area contributed by atoms with Gasteiger partial charge in [-0.2, -0.15) is 14.0 Å². The van der Waals surface area contributed by atoms with Gasteiger partial charge in [0.15, 0.2) is 5.82 Å². The molecule has 0 fully saturated rings. The maximum atomic E-state index is 13.1. The Labute approximate surface area is 151 Å². The van der Waals surface area contributed by atoms with Crippen molar-refractivity contribution in [3.05, 3.63) is 72.9 Å². The van der Waals surface area contributed by atoms with Crippen LogP contribution in [0.4, 0.5) is 4.39 Å². The SMILES string of the molecule is Fc1ccc(-c2cccc(-c3nsc(-c4ccoc4)n3)c2)cc1.O=C=O. The van der Waals surface area contributed by atoms with E-state index >= 15 is 0 Å². The zero-order valence-electron chi connectivity index (χ0n) is 13.3. The summed E-state index contributed by atoms with van der Waals surface area (Å²) in [6.07, 6.45) is 3.52. The molecular weight excluding hydrogens is 355 g/mol. The molecule has 2 aromatic carbocycles. The fraction of sp³-hybridized carbons (Fsp3) is 0. The number of benzene rings is 2. The van der Waals surface area contributed by atoms with Gasteiger partial charge >= 0.3 is 6.15 Å². The van der Waals surface area contributed by atoms with Crippen molar-refractivity contribution in [3.8, 4) is 33.1 Å². The normalized spacial score (nSPS) is 9.88.